The summed E-state index contributed by atoms with van der Waals surface area (Å²) in [6.07, 6.45) is -1.24. The molecular weight excluding hydrogens is 473 g/mol. The lowest BCUT2D eigenvalue weighted by molar-refractivity contribution is -0.152. The van der Waals surface area contributed by atoms with Crippen LogP contribution in [0, 0.1) is 15.2 Å². The predicted molar refractivity (Wildman–Crippen MR) is 102 cm³/mol. The first-order valence-corrected chi connectivity index (χ1v) is 8.84. The Hall–Kier alpha value is -2.56. The maximum atomic E-state index is 13.5. The lowest BCUT2D eigenvalue weighted by Gasteiger charge is -2.14. The minimum atomic E-state index is -1.24. The Morgan fingerprint density at radius 2 is 1.85 bits per heavy atom. The molecule has 2 aromatic rings. The van der Waals surface area contributed by atoms with Crippen LogP contribution in [0.15, 0.2) is 42.5 Å². The zero-order valence-electron chi connectivity index (χ0n) is 14.1. The Kier molecular flexibility index (Phi) is 7.22. The third-order valence-corrected chi connectivity index (χ3v) is 4.32. The van der Waals surface area contributed by atoms with Gasteiger partial charge in [0.05, 0.1) is 11.3 Å². The molecule has 0 radical (unpaired) electrons. The van der Waals surface area contributed by atoms with Gasteiger partial charge in [0.15, 0.2) is 6.10 Å². The van der Waals surface area contributed by atoms with Crippen molar-refractivity contribution in [3.8, 4) is 0 Å². The molecule has 0 spiro atoms. The van der Waals surface area contributed by atoms with Crippen LogP contribution in [0.25, 0.3) is 0 Å². The summed E-state index contributed by atoms with van der Waals surface area (Å²) in [6.45, 7) is 0.850. The summed E-state index contributed by atoms with van der Waals surface area (Å²) in [5.41, 5.74) is 0.166. The predicted octanol–water partition coefficient (Wildman–Crippen LogP) is 2.87. The molecule has 2 amide bonds. The highest BCUT2D eigenvalue weighted by molar-refractivity contribution is 14.1. The van der Waals surface area contributed by atoms with Gasteiger partial charge in [-0.3, -0.25) is 14.4 Å². The van der Waals surface area contributed by atoms with Crippen molar-refractivity contribution in [3.63, 3.8) is 0 Å². The van der Waals surface area contributed by atoms with Gasteiger partial charge < -0.3 is 15.4 Å². The van der Waals surface area contributed by atoms with E-state index in [1.165, 1.54) is 6.92 Å². The largest absolute Gasteiger partial charge is 0.451 e. The van der Waals surface area contributed by atoms with Gasteiger partial charge in [-0.15, -0.1) is 0 Å². The molecule has 0 heterocycles. The number of rotatable bonds is 6. The minimum Gasteiger partial charge on any atom is -0.451 e. The molecule has 1 unspecified atom stereocenters. The Balaban J connectivity index is 1.85. The number of hydrogen-bond acceptors (Lipinski definition) is 4. The lowest BCUT2D eigenvalue weighted by Crippen LogP contribution is -2.36. The molecule has 0 aromatic heterocycles. The van der Waals surface area contributed by atoms with Crippen molar-refractivity contribution >= 4 is 46.1 Å². The minimum absolute atomic E-state index is 0.240. The maximum Gasteiger partial charge on any atom is 0.326 e. The highest BCUT2D eigenvalue weighted by atomic mass is 127. The van der Waals surface area contributed by atoms with Crippen LogP contribution in [0.4, 0.5) is 14.5 Å². The van der Waals surface area contributed by atoms with E-state index in [1.54, 1.807) is 24.3 Å². The van der Waals surface area contributed by atoms with Gasteiger partial charge >= 0.3 is 5.97 Å². The Labute approximate surface area is 167 Å². The van der Waals surface area contributed by atoms with E-state index in [1.807, 2.05) is 22.6 Å². The van der Waals surface area contributed by atoms with Crippen molar-refractivity contribution in [1.82, 2.24) is 5.32 Å². The Morgan fingerprint density at radius 1 is 1.15 bits per heavy atom. The van der Waals surface area contributed by atoms with Gasteiger partial charge in [0.2, 0.25) is 0 Å². The molecule has 2 N–H and O–H groups in total. The molecule has 2 rings (SSSR count). The second-order valence-corrected chi connectivity index (χ2v) is 6.57. The second-order valence-electron chi connectivity index (χ2n) is 5.41. The number of halogens is 3. The van der Waals surface area contributed by atoms with Crippen LogP contribution in [0.2, 0.25) is 0 Å². The zero-order chi connectivity index (χ0) is 20.0. The van der Waals surface area contributed by atoms with Gasteiger partial charge in [0.25, 0.3) is 11.8 Å². The van der Waals surface area contributed by atoms with E-state index in [9.17, 15) is 23.2 Å². The molecule has 0 saturated carbocycles. The summed E-state index contributed by atoms with van der Waals surface area (Å²) in [5, 5.41) is 4.59. The van der Waals surface area contributed by atoms with Crippen LogP contribution >= 0.6 is 22.6 Å². The molecule has 27 heavy (non-hydrogen) atoms. The number of anilines is 1. The van der Waals surface area contributed by atoms with E-state index >= 15 is 0 Å². The smallest absolute Gasteiger partial charge is 0.326 e. The summed E-state index contributed by atoms with van der Waals surface area (Å²) < 4.78 is 32.0. The van der Waals surface area contributed by atoms with Crippen LogP contribution < -0.4 is 10.6 Å². The fraction of sp³-hybridized carbons (Fsp3) is 0.167. The number of benzene rings is 2. The third kappa shape index (κ3) is 5.98. The summed E-state index contributed by atoms with van der Waals surface area (Å²) >= 11 is 1.99. The van der Waals surface area contributed by atoms with E-state index in [-0.39, 0.29) is 5.69 Å². The van der Waals surface area contributed by atoms with Crippen molar-refractivity contribution in [2.24, 2.45) is 0 Å². The number of ether oxygens (including phenoxy) is 1. The van der Waals surface area contributed by atoms with Crippen LogP contribution in [0.3, 0.4) is 0 Å². The molecule has 0 saturated heterocycles. The van der Waals surface area contributed by atoms with Crippen LogP contribution in [-0.4, -0.2) is 30.4 Å². The first-order valence-electron chi connectivity index (χ1n) is 7.76. The number of carbonyl (C=O) groups is 3. The summed E-state index contributed by atoms with van der Waals surface area (Å²) in [5.74, 6) is -3.82. The average molecular weight is 488 g/mol. The van der Waals surface area contributed by atoms with Crippen molar-refractivity contribution in [3.05, 3.63) is 63.2 Å². The van der Waals surface area contributed by atoms with Crippen molar-refractivity contribution in [2.75, 3.05) is 11.9 Å². The number of carbonyl (C=O) groups excluding carboxylic acids is 3. The van der Waals surface area contributed by atoms with Crippen LogP contribution in [0.5, 0.6) is 0 Å². The summed E-state index contributed by atoms with van der Waals surface area (Å²) in [4.78, 5) is 35.8. The van der Waals surface area contributed by atoms with E-state index < -0.39 is 42.1 Å². The SMILES string of the molecule is CC(OC(=O)CNC(=O)c1ccccc1I)C(=O)Nc1ccc(F)cc1F. The van der Waals surface area contributed by atoms with Crippen molar-refractivity contribution in [1.29, 1.82) is 0 Å². The lowest BCUT2D eigenvalue weighted by atomic mass is 10.2. The van der Waals surface area contributed by atoms with Gasteiger partial charge in [0, 0.05) is 9.64 Å². The molecule has 1 atom stereocenters. The van der Waals surface area contributed by atoms with Crippen molar-refractivity contribution in [2.45, 2.75) is 13.0 Å². The molecular formula is C18H15F2IN2O4. The maximum absolute atomic E-state index is 13.5. The quantitative estimate of drug-likeness (QED) is 0.484. The molecule has 0 fully saturated rings. The van der Waals surface area contributed by atoms with Gasteiger partial charge in [-0.05, 0) is 53.8 Å². The fourth-order valence-corrected chi connectivity index (χ4v) is 2.64. The number of hydrogen-bond donors (Lipinski definition) is 2. The van der Waals surface area contributed by atoms with Gasteiger partial charge in [-0.2, -0.15) is 0 Å². The highest BCUT2D eigenvalue weighted by Gasteiger charge is 2.20. The highest BCUT2D eigenvalue weighted by Crippen LogP contribution is 2.15. The Morgan fingerprint density at radius 3 is 2.52 bits per heavy atom. The molecule has 0 aliphatic heterocycles. The molecule has 0 aliphatic carbocycles. The standard InChI is InChI=1S/C18H15F2IN2O4/c1-10(17(25)23-15-7-6-11(19)8-13(15)20)27-16(24)9-22-18(26)12-4-2-3-5-14(12)21/h2-8,10H,9H2,1H3,(H,22,26)(H,23,25). The van der Waals surface area contributed by atoms with E-state index in [2.05, 4.69) is 10.6 Å². The first kappa shape index (κ1) is 20.7. The van der Waals surface area contributed by atoms with Gasteiger partial charge in [0.1, 0.15) is 18.2 Å². The Bertz CT molecular complexity index is 876. The molecule has 6 nitrogen and oxygen atoms in total. The first-order chi connectivity index (χ1) is 12.8. The monoisotopic (exact) mass is 488 g/mol. The molecule has 9 heteroatoms. The average Bonchev–Trinajstić information content (AvgIpc) is 2.62. The molecule has 142 valence electrons. The van der Waals surface area contributed by atoms with E-state index in [0.29, 0.717) is 11.6 Å². The topological polar surface area (TPSA) is 84.5 Å². The van der Waals surface area contributed by atoms with Gasteiger partial charge in [-0.25, -0.2) is 8.78 Å². The number of amides is 2. The van der Waals surface area contributed by atoms with E-state index in [4.69, 9.17) is 4.74 Å². The molecule has 0 aliphatic rings. The fourth-order valence-electron chi connectivity index (χ4n) is 2.01. The second kappa shape index (κ2) is 9.40. The summed E-state index contributed by atoms with van der Waals surface area (Å²) in [6, 6.07) is 9.47. The van der Waals surface area contributed by atoms with Crippen LogP contribution in [0.1, 0.15) is 17.3 Å². The molecule has 2 aromatic carbocycles. The number of esters is 1. The zero-order valence-corrected chi connectivity index (χ0v) is 16.3. The molecule has 0 bridgehead atoms. The van der Waals surface area contributed by atoms with E-state index in [0.717, 1.165) is 15.7 Å². The van der Waals surface area contributed by atoms with Crippen LogP contribution in [-0.2, 0) is 14.3 Å². The normalized spacial score (nSPS) is 11.4. The third-order valence-electron chi connectivity index (χ3n) is 3.38. The van der Waals surface area contributed by atoms with Crippen molar-refractivity contribution < 1.29 is 27.9 Å². The summed E-state index contributed by atoms with van der Waals surface area (Å²) in [7, 11) is 0. The number of nitrogens with one attached hydrogen (secondary N) is 2. The van der Waals surface area contributed by atoms with Gasteiger partial charge in [-0.1, -0.05) is 12.1 Å².